The maximum absolute atomic E-state index is 12.0. The number of ether oxygens (including phenoxy) is 9. The van der Waals surface area contributed by atoms with Crippen molar-refractivity contribution in [3.05, 3.63) is 206 Å². The van der Waals surface area contributed by atoms with E-state index in [0.29, 0.717) is 57.4 Å². The lowest BCUT2D eigenvalue weighted by molar-refractivity contribution is -0.155. The van der Waals surface area contributed by atoms with Crippen LogP contribution in [0.4, 0.5) is 23.8 Å². The third kappa shape index (κ3) is 26.6. The minimum atomic E-state index is -1.43. The number of carbonyl (C=O) groups excluding carboxylic acids is 5. The fraction of sp³-hybridized carbons (Fsp3) is 0.265. The summed E-state index contributed by atoms with van der Waals surface area (Å²) in [6.45, 7) is 2.03. The Morgan fingerprint density at radius 1 is 0.393 bits per heavy atom. The van der Waals surface area contributed by atoms with Crippen LogP contribution in [0.25, 0.3) is 86.4 Å². The number of nitrogen functional groups attached to an aromatic ring is 4. The Balaban J connectivity index is 0.000000208. The van der Waals surface area contributed by atoms with E-state index in [1.54, 1.807) is 0 Å². The molecule has 0 radical (unpaired) electrons. The van der Waals surface area contributed by atoms with Crippen LogP contribution in [-0.4, -0.2) is 156 Å². The Bertz CT molecular complexity index is 5640. The minimum absolute atomic E-state index is 0. The Hall–Kier alpha value is -16.0. The SMILES string of the molecule is C.COC(=O)C(C(=O)OC)c1nc2nc(N)nc(OCc3ccc(CN=[N+]=[N-])cc3)c2[nH]1.COC(=O)CC(=O)OC.COC(=O)Cc1nc2nc(N)nc(OCc3ccc(CN=[N+]=[N-])cc3)c2[nH]1.[N-]=[N+]=NCc1ccc(COc2nc(N)nc3nc(Br)[nH]c23)cc1.[N-]=[N+]=NCc1ccc(COc2nc(N)nc3nc(CC(=O)O)[nH]c23)cc1. The van der Waals surface area contributed by atoms with Crippen LogP contribution in [-0.2, 0) is 118 Å². The second kappa shape index (κ2) is 44.2. The van der Waals surface area contributed by atoms with E-state index in [0.717, 1.165) is 58.7 Å². The van der Waals surface area contributed by atoms with Crippen LogP contribution in [0, 0.1) is 0 Å². The number of H-pyrrole nitrogens is 4. The normalized spacial score (nSPS) is 10.2. The summed E-state index contributed by atoms with van der Waals surface area (Å²) < 4.78 is 45.8. The summed E-state index contributed by atoms with van der Waals surface area (Å²) in [5.74, 6) is -4.34. The number of aromatic nitrogens is 16. The van der Waals surface area contributed by atoms with Crippen molar-refractivity contribution < 1.29 is 76.5 Å². The lowest BCUT2D eigenvalue weighted by Crippen LogP contribution is -2.25. The first-order valence-corrected chi connectivity index (χ1v) is 34.0. The van der Waals surface area contributed by atoms with Gasteiger partial charge < -0.3 is 90.6 Å². The van der Waals surface area contributed by atoms with E-state index in [1.807, 2.05) is 97.1 Å². The summed E-state index contributed by atoms with van der Waals surface area (Å²) in [6.07, 6.45) is -0.617. The van der Waals surface area contributed by atoms with E-state index in [1.165, 1.54) is 21.3 Å². The van der Waals surface area contributed by atoms with Gasteiger partial charge in [0.15, 0.2) is 27.3 Å². The number of anilines is 4. The Morgan fingerprint density at radius 2 is 0.675 bits per heavy atom. The minimum Gasteiger partial charge on any atom is -0.481 e. The number of rotatable bonds is 29. The lowest BCUT2D eigenvalue weighted by Gasteiger charge is -2.09. The topological polar surface area (TPSA) is 723 Å². The molecule has 0 aliphatic rings. The summed E-state index contributed by atoms with van der Waals surface area (Å²) in [4.78, 5) is 138. The van der Waals surface area contributed by atoms with Gasteiger partial charge in [0, 0.05) is 19.6 Å². The second-order valence-electron chi connectivity index (χ2n) is 23.0. The van der Waals surface area contributed by atoms with Crippen LogP contribution in [0.2, 0.25) is 0 Å². The highest BCUT2D eigenvalue weighted by Crippen LogP contribution is 2.29. The Labute approximate surface area is 666 Å². The van der Waals surface area contributed by atoms with Gasteiger partial charge in [-0.3, -0.25) is 28.8 Å². The first-order chi connectivity index (χ1) is 55.9. The summed E-state index contributed by atoms with van der Waals surface area (Å²) in [5.41, 5.74) is 66.0. The number of carboxylic acids is 1. The van der Waals surface area contributed by atoms with Gasteiger partial charge in [-0.25, -0.2) is 19.9 Å². The summed E-state index contributed by atoms with van der Waals surface area (Å²) >= 11 is 3.24. The number of nitrogens with one attached hydrogen (secondary N) is 4. The van der Waals surface area contributed by atoms with Crippen molar-refractivity contribution in [2.75, 3.05) is 58.5 Å². The molecule has 117 heavy (non-hydrogen) atoms. The zero-order valence-corrected chi connectivity index (χ0v) is 63.2. The largest absolute Gasteiger partial charge is 0.481 e. The molecule has 0 atom stereocenters. The molecule has 0 bridgehead atoms. The highest BCUT2D eigenvalue weighted by Gasteiger charge is 2.35. The van der Waals surface area contributed by atoms with Crippen molar-refractivity contribution in [3.8, 4) is 23.5 Å². The monoisotopic (exact) mass is 1670 g/mol. The van der Waals surface area contributed by atoms with E-state index in [4.69, 9.17) is 69.1 Å². The molecule has 13 N–H and O–H groups in total. The van der Waals surface area contributed by atoms with E-state index < -0.39 is 41.7 Å². The van der Waals surface area contributed by atoms with Crippen molar-refractivity contribution in [1.29, 1.82) is 0 Å². The molecule has 0 saturated heterocycles. The number of imidazole rings is 4. The third-order valence-electron chi connectivity index (χ3n) is 15.0. The second-order valence-corrected chi connectivity index (χ2v) is 23.7. The first kappa shape index (κ1) is 88.2. The highest BCUT2D eigenvalue weighted by atomic mass is 79.9. The molecule has 606 valence electrons. The fourth-order valence-corrected chi connectivity index (χ4v) is 9.92. The lowest BCUT2D eigenvalue weighted by atomic mass is 10.1. The number of azide groups is 4. The molecule has 0 saturated carbocycles. The van der Waals surface area contributed by atoms with Gasteiger partial charge in [-0.05, 0) is 82.6 Å². The zero-order chi connectivity index (χ0) is 83.6. The number of esters is 5. The number of halogens is 1. The molecule has 0 fully saturated rings. The molecule has 0 aliphatic heterocycles. The predicted molar refractivity (Wildman–Crippen MR) is 416 cm³/mol. The fourth-order valence-electron chi connectivity index (χ4n) is 9.55. The van der Waals surface area contributed by atoms with Crippen LogP contribution < -0.4 is 41.9 Å². The predicted octanol–water partition coefficient (Wildman–Crippen LogP) is 9.19. The highest BCUT2D eigenvalue weighted by molar-refractivity contribution is 9.10. The molecule has 0 spiro atoms. The Morgan fingerprint density at radius 3 is 0.974 bits per heavy atom. The number of carbonyl (C=O) groups is 6. The molecule has 12 aromatic rings. The van der Waals surface area contributed by atoms with Crippen LogP contribution >= 0.6 is 15.9 Å². The van der Waals surface area contributed by atoms with Gasteiger partial charge in [0.1, 0.15) is 85.2 Å². The third-order valence-corrected chi connectivity index (χ3v) is 15.4. The van der Waals surface area contributed by atoms with Crippen molar-refractivity contribution in [2.45, 2.75) is 85.2 Å². The van der Waals surface area contributed by atoms with Crippen LogP contribution in [0.1, 0.15) is 81.7 Å². The quantitative estimate of drug-likeness (QED) is 0.00401. The van der Waals surface area contributed by atoms with Gasteiger partial charge in [-0.2, -0.15) is 39.9 Å². The Kier molecular flexibility index (Phi) is 33.3. The van der Waals surface area contributed by atoms with Crippen LogP contribution in [0.5, 0.6) is 23.5 Å². The summed E-state index contributed by atoms with van der Waals surface area (Å²) in [7, 11) is 6.02. The number of nitrogens with two attached hydrogens (primary N) is 4. The van der Waals surface area contributed by atoms with Crippen molar-refractivity contribution in [3.63, 3.8) is 0 Å². The van der Waals surface area contributed by atoms with Gasteiger partial charge in [0.05, 0.1) is 61.7 Å². The van der Waals surface area contributed by atoms with Crippen LogP contribution in [0.3, 0.4) is 0 Å². The number of aromatic amines is 4. The van der Waals surface area contributed by atoms with Gasteiger partial charge in [0.25, 0.3) is 0 Å². The van der Waals surface area contributed by atoms with E-state index in [9.17, 15) is 28.8 Å². The molecule has 0 amide bonds. The number of methoxy groups -OCH3 is 5. The molecule has 12 rings (SSSR count). The average molecular weight is 1670 g/mol. The number of hydrogen-bond acceptors (Lipinski definition) is 35. The molecular formula is C68H71BrN32O16. The number of nitrogens with zero attached hydrogens (tertiary/aromatic N) is 24. The molecule has 8 heterocycles. The number of fused-ring (bicyclic) bond motifs is 4. The number of hydrogen-bond donors (Lipinski definition) is 9. The molecule has 48 nitrogen and oxygen atoms in total. The van der Waals surface area contributed by atoms with Crippen molar-refractivity contribution in [1.82, 2.24) is 79.7 Å². The molecule has 49 heteroatoms. The van der Waals surface area contributed by atoms with Crippen molar-refractivity contribution in [2.24, 2.45) is 20.5 Å². The van der Waals surface area contributed by atoms with E-state index >= 15 is 0 Å². The zero-order valence-electron chi connectivity index (χ0n) is 61.6. The molecule has 8 aromatic heterocycles. The first-order valence-electron chi connectivity index (χ1n) is 33.2. The molecule has 0 aliphatic carbocycles. The van der Waals surface area contributed by atoms with Gasteiger partial charge in [0.2, 0.25) is 53.2 Å². The van der Waals surface area contributed by atoms with Crippen LogP contribution in [0.15, 0.2) is 122 Å². The number of benzene rings is 4. The smallest absolute Gasteiger partial charge is 0.327 e. The van der Waals surface area contributed by atoms with E-state index in [-0.39, 0.29) is 136 Å². The van der Waals surface area contributed by atoms with Gasteiger partial charge in [-0.1, -0.05) is 125 Å². The molecule has 4 aromatic carbocycles. The number of aliphatic carboxylic acids is 1. The average Bonchev–Trinajstić information content (AvgIpc) is 1.64. The number of carboxylic acid groups (broad SMARTS) is 1. The maximum Gasteiger partial charge on any atom is 0.327 e. The molecule has 0 unspecified atom stereocenters. The summed E-state index contributed by atoms with van der Waals surface area (Å²) in [5, 5.41) is 22.9. The standard InChI is InChI=1S/C18H18N8O5.C16H16N8O3.C15H14N8O3.C13H11BrN8O.C5H8O4.CH4/c1-29-16(27)11(17(28)30-2)13-22-12-14(23-13)24-18(19)25-15(12)31-8-10-5-3-9(4-6-10)7-21-26-20;1-26-12(25)6-11-20-13-14(21-11)22-16(17)23-15(13)27-8-10-4-2-9(3-5-10)7-19-24-18;16-15-21-13-12(19-10(20-13)5-11(24)25)14(22-15)26-7-9-3-1-8(2-4-9)6-18-23-17;14-12-18-9-10(19-12)20-13(15)21-11(9)23-6-8-3-1-7(2-4-8)5-17-22-16;1-8-4(6)3-5(7)9-2;/h3-6,11H,7-8H2,1-2H3,(H3,19,22,23,24,25);2-5H,6-8H2,1H3,(H3,17,20,21,22,23);1-4H,5-7H2,(H,24,25)(H3,16,19,20,21,22);1-4H,5-6H2,(H3,15,18,19,20,21);3H2,1-2H3;1H4. The van der Waals surface area contributed by atoms with Crippen molar-refractivity contribution >= 4 is 120 Å². The maximum atomic E-state index is 12.0. The van der Waals surface area contributed by atoms with E-state index in [2.05, 4.69) is 159 Å². The van der Waals surface area contributed by atoms with Gasteiger partial charge >= 0.3 is 35.8 Å². The molecular weight excluding hydrogens is 1600 g/mol. The van der Waals surface area contributed by atoms with Gasteiger partial charge in [-0.15, -0.1) is 0 Å². The summed E-state index contributed by atoms with van der Waals surface area (Å²) in [6, 6.07) is 29.6.